The predicted molar refractivity (Wildman–Crippen MR) is 78.1 cm³/mol. The molecule has 102 valence electrons. The Bertz CT molecular complexity index is 517. The summed E-state index contributed by atoms with van der Waals surface area (Å²) in [6.45, 7) is 6.42. The molecule has 0 saturated carbocycles. The predicted octanol–water partition coefficient (Wildman–Crippen LogP) is 2.94. The molecule has 0 aliphatic carbocycles. The zero-order valence-corrected chi connectivity index (χ0v) is 13.2. The van der Waals surface area contributed by atoms with E-state index in [9.17, 15) is 8.42 Å². The fraction of sp³-hybridized carbons (Fsp3) is 0.500. The van der Waals surface area contributed by atoms with Gasteiger partial charge in [-0.1, -0.05) is 20.3 Å². The van der Waals surface area contributed by atoms with Crippen LogP contribution in [0, 0.1) is 5.92 Å². The molecule has 18 heavy (non-hydrogen) atoms. The second kappa shape index (κ2) is 6.04. The van der Waals surface area contributed by atoms with Gasteiger partial charge in [0.15, 0.2) is 0 Å². The lowest BCUT2D eigenvalue weighted by molar-refractivity contribution is 0.494. The van der Waals surface area contributed by atoms with Crippen LogP contribution in [0.3, 0.4) is 0 Å². The number of anilines is 1. The average molecular weight is 335 g/mol. The van der Waals surface area contributed by atoms with E-state index in [1.54, 1.807) is 6.07 Å². The lowest BCUT2D eigenvalue weighted by atomic mass is 10.0. The van der Waals surface area contributed by atoms with Crippen LogP contribution in [0.5, 0.6) is 0 Å². The molecule has 0 spiro atoms. The Morgan fingerprint density at radius 3 is 2.44 bits per heavy atom. The molecule has 0 amide bonds. The molecule has 0 aromatic heterocycles. The van der Waals surface area contributed by atoms with Crippen LogP contribution >= 0.6 is 15.9 Å². The van der Waals surface area contributed by atoms with Crippen molar-refractivity contribution >= 4 is 31.6 Å². The number of nitrogens with two attached hydrogens (primary N) is 1. The largest absolute Gasteiger partial charge is 0.381 e. The molecule has 0 aliphatic rings. The summed E-state index contributed by atoms with van der Waals surface area (Å²) in [5.74, 6) is 0.537. The quantitative estimate of drug-likeness (QED) is 0.869. The van der Waals surface area contributed by atoms with Crippen molar-refractivity contribution in [2.45, 2.75) is 38.1 Å². The lowest BCUT2D eigenvalue weighted by Gasteiger charge is -2.22. The summed E-state index contributed by atoms with van der Waals surface area (Å²) in [5, 5.41) is 8.43. The highest BCUT2D eigenvalue weighted by Gasteiger charge is 2.14. The second-order valence-corrected chi connectivity index (χ2v) is 6.92. The maximum Gasteiger partial charge on any atom is 0.238 e. The summed E-state index contributed by atoms with van der Waals surface area (Å²) >= 11 is 3.36. The molecule has 0 fully saturated rings. The maximum atomic E-state index is 11.2. The molecule has 0 aliphatic heterocycles. The van der Waals surface area contributed by atoms with Crippen LogP contribution < -0.4 is 10.5 Å². The number of primary sulfonamides is 1. The summed E-state index contributed by atoms with van der Waals surface area (Å²) in [6, 6.07) is 5.06. The standard InChI is InChI=1S/C12H19BrN2O2S/c1-4-8(2)9(3)15-12-6-5-10(7-11(12)13)18(14,16)17/h5-9,15H,4H2,1-3H3,(H2,14,16,17). The van der Waals surface area contributed by atoms with Gasteiger partial charge in [0.05, 0.1) is 4.90 Å². The molecule has 4 nitrogen and oxygen atoms in total. The van der Waals surface area contributed by atoms with Gasteiger partial charge in [-0.05, 0) is 47.0 Å². The van der Waals surface area contributed by atoms with Crippen LogP contribution in [0.2, 0.25) is 0 Å². The molecule has 2 atom stereocenters. The van der Waals surface area contributed by atoms with Crippen LogP contribution in [0.25, 0.3) is 0 Å². The van der Waals surface area contributed by atoms with Crippen molar-refractivity contribution in [3.63, 3.8) is 0 Å². The number of sulfonamides is 1. The van der Waals surface area contributed by atoms with Crippen molar-refractivity contribution in [1.82, 2.24) is 0 Å². The highest BCUT2D eigenvalue weighted by Crippen LogP contribution is 2.27. The summed E-state index contributed by atoms with van der Waals surface area (Å²) < 4.78 is 23.1. The number of nitrogens with one attached hydrogen (secondary N) is 1. The molecule has 6 heteroatoms. The number of halogens is 1. The van der Waals surface area contributed by atoms with E-state index >= 15 is 0 Å². The van der Waals surface area contributed by atoms with Gasteiger partial charge in [0.2, 0.25) is 10.0 Å². The summed E-state index contributed by atoms with van der Waals surface area (Å²) in [7, 11) is -3.65. The Labute approximate surface area is 117 Å². The Kier molecular flexibility index (Phi) is 5.19. The third-order valence-corrected chi connectivity index (χ3v) is 4.72. The van der Waals surface area contributed by atoms with Gasteiger partial charge in [0.25, 0.3) is 0 Å². The minimum Gasteiger partial charge on any atom is -0.381 e. The second-order valence-electron chi connectivity index (χ2n) is 4.51. The fourth-order valence-corrected chi connectivity index (χ4v) is 2.72. The Morgan fingerprint density at radius 2 is 2.00 bits per heavy atom. The van der Waals surface area contributed by atoms with Gasteiger partial charge in [0.1, 0.15) is 0 Å². The number of rotatable bonds is 5. The molecule has 3 N–H and O–H groups in total. The van der Waals surface area contributed by atoms with E-state index < -0.39 is 10.0 Å². The summed E-state index contributed by atoms with van der Waals surface area (Å²) in [4.78, 5) is 0.108. The molecule has 2 unspecified atom stereocenters. The molecule has 1 aromatic carbocycles. The molecule has 0 radical (unpaired) electrons. The minimum absolute atomic E-state index is 0.108. The fourth-order valence-electron chi connectivity index (χ4n) is 1.53. The van der Waals surface area contributed by atoms with Gasteiger partial charge in [0, 0.05) is 16.2 Å². The van der Waals surface area contributed by atoms with Crippen molar-refractivity contribution in [3.8, 4) is 0 Å². The zero-order chi connectivity index (χ0) is 13.9. The first-order chi connectivity index (χ1) is 8.25. The Balaban J connectivity index is 2.94. The first-order valence-corrected chi connectivity index (χ1v) is 8.18. The van der Waals surface area contributed by atoms with Gasteiger partial charge >= 0.3 is 0 Å². The van der Waals surface area contributed by atoms with E-state index in [2.05, 4.69) is 42.0 Å². The smallest absolute Gasteiger partial charge is 0.238 e. The van der Waals surface area contributed by atoms with Crippen molar-refractivity contribution in [2.75, 3.05) is 5.32 Å². The zero-order valence-electron chi connectivity index (χ0n) is 10.8. The van der Waals surface area contributed by atoms with E-state index in [-0.39, 0.29) is 4.90 Å². The van der Waals surface area contributed by atoms with Gasteiger partial charge < -0.3 is 5.32 Å². The van der Waals surface area contributed by atoms with Crippen LogP contribution in [0.15, 0.2) is 27.6 Å². The van der Waals surface area contributed by atoms with Gasteiger partial charge in [-0.2, -0.15) is 0 Å². The first kappa shape index (κ1) is 15.5. The molecule has 1 rings (SSSR count). The number of hydrogen-bond acceptors (Lipinski definition) is 3. The molecular formula is C12H19BrN2O2S. The van der Waals surface area contributed by atoms with E-state index in [4.69, 9.17) is 5.14 Å². The highest BCUT2D eigenvalue weighted by atomic mass is 79.9. The van der Waals surface area contributed by atoms with Gasteiger partial charge in [-0.25, -0.2) is 13.6 Å². The summed E-state index contributed by atoms with van der Waals surface area (Å²) in [5.41, 5.74) is 0.871. The van der Waals surface area contributed by atoms with Crippen molar-refractivity contribution < 1.29 is 8.42 Å². The monoisotopic (exact) mass is 334 g/mol. The topological polar surface area (TPSA) is 72.2 Å². The average Bonchev–Trinajstić information content (AvgIpc) is 2.29. The number of hydrogen-bond donors (Lipinski definition) is 2. The van der Waals surface area contributed by atoms with Crippen LogP contribution in [-0.4, -0.2) is 14.5 Å². The van der Waals surface area contributed by atoms with E-state index in [0.717, 1.165) is 12.1 Å². The summed E-state index contributed by atoms with van der Waals surface area (Å²) in [6.07, 6.45) is 1.08. The van der Waals surface area contributed by atoms with Gasteiger partial charge in [-0.3, -0.25) is 0 Å². The van der Waals surface area contributed by atoms with Crippen LogP contribution in [0.1, 0.15) is 27.2 Å². The highest BCUT2D eigenvalue weighted by molar-refractivity contribution is 9.10. The third-order valence-electron chi connectivity index (χ3n) is 3.15. The lowest BCUT2D eigenvalue weighted by Crippen LogP contribution is -2.23. The van der Waals surface area contributed by atoms with E-state index in [1.807, 2.05) is 0 Å². The first-order valence-electron chi connectivity index (χ1n) is 5.84. The molecule has 0 heterocycles. The normalized spacial score (nSPS) is 15.2. The molecular weight excluding hydrogens is 316 g/mol. The molecule has 0 saturated heterocycles. The van der Waals surface area contributed by atoms with E-state index in [0.29, 0.717) is 16.4 Å². The van der Waals surface area contributed by atoms with Crippen LogP contribution in [-0.2, 0) is 10.0 Å². The Hall–Kier alpha value is -0.590. The van der Waals surface area contributed by atoms with Crippen molar-refractivity contribution in [1.29, 1.82) is 0 Å². The number of benzene rings is 1. The third kappa shape index (κ3) is 3.96. The van der Waals surface area contributed by atoms with Crippen molar-refractivity contribution in [2.24, 2.45) is 11.1 Å². The van der Waals surface area contributed by atoms with E-state index in [1.165, 1.54) is 12.1 Å². The van der Waals surface area contributed by atoms with Crippen molar-refractivity contribution in [3.05, 3.63) is 22.7 Å². The Morgan fingerprint density at radius 1 is 1.39 bits per heavy atom. The SMILES string of the molecule is CCC(C)C(C)Nc1ccc(S(N)(=O)=O)cc1Br. The molecule has 1 aromatic rings. The minimum atomic E-state index is -3.65. The van der Waals surface area contributed by atoms with Crippen LogP contribution in [0.4, 0.5) is 5.69 Å². The van der Waals surface area contributed by atoms with Gasteiger partial charge in [-0.15, -0.1) is 0 Å². The molecule has 0 bridgehead atoms. The maximum absolute atomic E-state index is 11.2.